The van der Waals surface area contributed by atoms with E-state index in [2.05, 4.69) is 33.0 Å². The molecule has 0 aliphatic heterocycles. The molecule has 3 aromatic rings. The van der Waals surface area contributed by atoms with E-state index >= 15 is 0 Å². The van der Waals surface area contributed by atoms with Crippen LogP contribution in [0.5, 0.6) is 0 Å². The van der Waals surface area contributed by atoms with Gasteiger partial charge in [0, 0.05) is 34.5 Å². The molecule has 28 heavy (non-hydrogen) atoms. The molecule has 0 bridgehead atoms. The van der Waals surface area contributed by atoms with Gasteiger partial charge in [-0.15, -0.1) is 0 Å². The van der Waals surface area contributed by atoms with Gasteiger partial charge in [0.25, 0.3) is 0 Å². The van der Waals surface area contributed by atoms with Gasteiger partial charge in [0.1, 0.15) is 11.5 Å². The maximum absolute atomic E-state index is 12.2. The second-order valence-electron chi connectivity index (χ2n) is 6.88. The summed E-state index contributed by atoms with van der Waals surface area (Å²) in [5.74, 6) is 1.62. The molecule has 0 radical (unpaired) electrons. The van der Waals surface area contributed by atoms with E-state index in [1.807, 2.05) is 36.5 Å². The van der Waals surface area contributed by atoms with Crippen molar-refractivity contribution >= 4 is 40.4 Å². The standard InChI is InChI=1S/C21H21N5OS/c1-2-9-28-26-15-5-6-16(14(10-15)12-22)18-11-19(25-21(27)13-3-4-13)24-20-17(18)7-8-23-20/h5-8,10-11,13,26H,2-4,9H2,1H3,(H2,23,24,25,27). The molecule has 1 aliphatic carbocycles. The molecule has 1 aromatic carbocycles. The van der Waals surface area contributed by atoms with Crippen LogP contribution in [0.3, 0.4) is 0 Å². The van der Waals surface area contributed by atoms with Crippen molar-refractivity contribution < 1.29 is 4.79 Å². The maximum Gasteiger partial charge on any atom is 0.228 e. The number of H-pyrrole nitrogens is 1. The van der Waals surface area contributed by atoms with Crippen molar-refractivity contribution in [3.8, 4) is 17.2 Å². The predicted octanol–water partition coefficient (Wildman–Crippen LogP) is 4.92. The molecule has 1 amide bonds. The molecule has 0 unspecified atom stereocenters. The largest absolute Gasteiger partial charge is 0.346 e. The molecule has 2 aromatic heterocycles. The van der Waals surface area contributed by atoms with Crippen LogP contribution in [0, 0.1) is 17.2 Å². The van der Waals surface area contributed by atoms with Crippen LogP contribution in [-0.2, 0) is 4.79 Å². The number of carbonyl (C=O) groups is 1. The first-order chi connectivity index (χ1) is 13.7. The van der Waals surface area contributed by atoms with Crippen LogP contribution < -0.4 is 10.0 Å². The number of benzene rings is 1. The zero-order valence-corrected chi connectivity index (χ0v) is 16.4. The molecular formula is C21H21N5OS. The van der Waals surface area contributed by atoms with E-state index in [1.54, 1.807) is 11.9 Å². The van der Waals surface area contributed by atoms with Gasteiger partial charge in [0.15, 0.2) is 0 Å². The summed E-state index contributed by atoms with van der Waals surface area (Å²) in [5.41, 5.74) is 3.87. The summed E-state index contributed by atoms with van der Waals surface area (Å²) < 4.78 is 3.28. The van der Waals surface area contributed by atoms with Gasteiger partial charge in [-0.2, -0.15) is 5.26 Å². The van der Waals surface area contributed by atoms with E-state index in [4.69, 9.17) is 0 Å². The van der Waals surface area contributed by atoms with Crippen LogP contribution in [0.4, 0.5) is 11.5 Å². The molecule has 142 valence electrons. The first-order valence-corrected chi connectivity index (χ1v) is 10.4. The average Bonchev–Trinajstić information content (AvgIpc) is 3.46. The number of nitriles is 1. The van der Waals surface area contributed by atoms with Crippen molar-refractivity contribution in [2.24, 2.45) is 5.92 Å². The summed E-state index contributed by atoms with van der Waals surface area (Å²) in [7, 11) is 0. The molecule has 6 nitrogen and oxygen atoms in total. The number of amides is 1. The van der Waals surface area contributed by atoms with Crippen LogP contribution in [0.1, 0.15) is 31.7 Å². The Morgan fingerprint density at radius 3 is 2.93 bits per heavy atom. The number of nitrogens with zero attached hydrogens (tertiary/aromatic N) is 2. The Morgan fingerprint density at radius 1 is 1.32 bits per heavy atom. The zero-order chi connectivity index (χ0) is 19.5. The molecule has 0 saturated heterocycles. The summed E-state index contributed by atoms with van der Waals surface area (Å²) in [4.78, 5) is 19.8. The van der Waals surface area contributed by atoms with Crippen LogP contribution >= 0.6 is 11.9 Å². The Hall–Kier alpha value is -2.98. The monoisotopic (exact) mass is 391 g/mol. The Bertz CT molecular complexity index is 1060. The fourth-order valence-electron chi connectivity index (χ4n) is 3.07. The molecular weight excluding hydrogens is 370 g/mol. The third-order valence-corrected chi connectivity index (χ3v) is 5.65. The predicted molar refractivity (Wildman–Crippen MR) is 114 cm³/mol. The van der Waals surface area contributed by atoms with E-state index in [9.17, 15) is 10.1 Å². The van der Waals surface area contributed by atoms with Gasteiger partial charge in [0.05, 0.1) is 11.6 Å². The first-order valence-electron chi connectivity index (χ1n) is 9.41. The minimum atomic E-state index is 0.0114. The van der Waals surface area contributed by atoms with Gasteiger partial charge in [0.2, 0.25) is 5.91 Å². The summed E-state index contributed by atoms with van der Waals surface area (Å²) in [6, 6.07) is 11.9. The molecule has 1 aliphatic rings. The molecule has 1 fully saturated rings. The summed E-state index contributed by atoms with van der Waals surface area (Å²) in [6.07, 6.45) is 4.77. The topological polar surface area (TPSA) is 93.6 Å². The molecule has 4 rings (SSSR count). The fraction of sp³-hybridized carbons (Fsp3) is 0.286. The lowest BCUT2D eigenvalue weighted by Gasteiger charge is -2.12. The Balaban J connectivity index is 1.72. The maximum atomic E-state index is 12.2. The minimum absolute atomic E-state index is 0.0114. The van der Waals surface area contributed by atoms with E-state index < -0.39 is 0 Å². The summed E-state index contributed by atoms with van der Waals surface area (Å²) >= 11 is 1.63. The highest BCUT2D eigenvalue weighted by molar-refractivity contribution is 8.00. The molecule has 1 saturated carbocycles. The van der Waals surface area contributed by atoms with Crippen molar-refractivity contribution in [3.63, 3.8) is 0 Å². The van der Waals surface area contributed by atoms with Crippen LogP contribution in [0.2, 0.25) is 0 Å². The number of pyridine rings is 1. The van der Waals surface area contributed by atoms with Crippen molar-refractivity contribution in [3.05, 3.63) is 42.1 Å². The Kier molecular flexibility index (Phi) is 5.22. The van der Waals surface area contributed by atoms with Gasteiger partial charge in [-0.25, -0.2) is 4.98 Å². The van der Waals surface area contributed by atoms with Gasteiger partial charge >= 0.3 is 0 Å². The number of fused-ring (bicyclic) bond motifs is 1. The normalized spacial score (nSPS) is 13.3. The van der Waals surface area contributed by atoms with E-state index in [0.717, 1.165) is 47.2 Å². The van der Waals surface area contributed by atoms with Crippen molar-refractivity contribution in [1.29, 1.82) is 5.26 Å². The third-order valence-electron chi connectivity index (χ3n) is 4.65. The van der Waals surface area contributed by atoms with Crippen molar-refractivity contribution in [2.75, 3.05) is 15.8 Å². The van der Waals surface area contributed by atoms with Crippen molar-refractivity contribution in [1.82, 2.24) is 9.97 Å². The lowest BCUT2D eigenvalue weighted by atomic mass is 9.98. The van der Waals surface area contributed by atoms with E-state index in [-0.39, 0.29) is 11.8 Å². The Morgan fingerprint density at radius 2 is 2.18 bits per heavy atom. The number of aromatic nitrogens is 2. The second kappa shape index (κ2) is 7.95. The molecule has 7 heteroatoms. The highest BCUT2D eigenvalue weighted by Gasteiger charge is 2.30. The number of nitrogens with one attached hydrogen (secondary N) is 3. The number of hydrogen-bond donors (Lipinski definition) is 3. The SMILES string of the molecule is CCCSNc1ccc(-c2cc(NC(=O)C3CC3)nc3[nH]ccc23)c(C#N)c1. The fourth-order valence-corrected chi connectivity index (χ4v) is 3.67. The number of rotatable bonds is 7. The highest BCUT2D eigenvalue weighted by Crippen LogP contribution is 2.35. The average molecular weight is 392 g/mol. The molecule has 0 spiro atoms. The Labute approximate surface area is 167 Å². The number of carbonyl (C=O) groups excluding carboxylic acids is 1. The number of hydrogen-bond acceptors (Lipinski definition) is 5. The van der Waals surface area contributed by atoms with Crippen LogP contribution in [0.25, 0.3) is 22.2 Å². The highest BCUT2D eigenvalue weighted by atomic mass is 32.2. The summed E-state index contributed by atoms with van der Waals surface area (Å²) in [6.45, 7) is 2.13. The van der Waals surface area contributed by atoms with Gasteiger partial charge in [-0.1, -0.05) is 24.9 Å². The smallest absolute Gasteiger partial charge is 0.228 e. The quantitative estimate of drug-likeness (QED) is 0.393. The lowest BCUT2D eigenvalue weighted by molar-refractivity contribution is -0.117. The minimum Gasteiger partial charge on any atom is -0.346 e. The van der Waals surface area contributed by atoms with E-state index in [0.29, 0.717) is 17.0 Å². The van der Waals surface area contributed by atoms with E-state index in [1.165, 1.54) is 0 Å². The summed E-state index contributed by atoms with van der Waals surface area (Å²) in [5, 5.41) is 13.5. The van der Waals surface area contributed by atoms with Gasteiger partial charge in [-0.3, -0.25) is 4.79 Å². The van der Waals surface area contributed by atoms with Gasteiger partial charge in [-0.05, 0) is 49.1 Å². The second-order valence-corrected chi connectivity index (χ2v) is 7.78. The number of anilines is 2. The molecule has 0 atom stereocenters. The van der Waals surface area contributed by atoms with Crippen LogP contribution in [-0.4, -0.2) is 21.6 Å². The van der Waals surface area contributed by atoms with Gasteiger partial charge < -0.3 is 15.0 Å². The first kappa shape index (κ1) is 18.4. The number of aromatic amines is 1. The van der Waals surface area contributed by atoms with Crippen molar-refractivity contribution in [2.45, 2.75) is 26.2 Å². The molecule has 3 N–H and O–H groups in total. The van der Waals surface area contributed by atoms with Crippen LogP contribution in [0.15, 0.2) is 36.5 Å². The lowest BCUT2D eigenvalue weighted by Crippen LogP contribution is -2.14. The third kappa shape index (κ3) is 3.82. The zero-order valence-electron chi connectivity index (χ0n) is 15.6. The molecule has 2 heterocycles.